The monoisotopic (exact) mass is 236 g/mol. The Kier molecular flexibility index (Phi) is 3.45. The predicted molar refractivity (Wildman–Crippen MR) is 72.1 cm³/mol. The summed E-state index contributed by atoms with van der Waals surface area (Å²) in [5.41, 5.74) is 0. The van der Waals surface area contributed by atoms with E-state index in [1.165, 1.54) is 51.5 Å². The van der Waals surface area contributed by atoms with E-state index >= 15 is 0 Å². The topological polar surface area (TPSA) is 15.3 Å². The zero-order valence-electron chi connectivity index (χ0n) is 11.5. The number of hydrogen-bond acceptors (Lipinski definition) is 2. The zero-order valence-corrected chi connectivity index (χ0v) is 11.5. The van der Waals surface area contributed by atoms with Crippen LogP contribution in [0.4, 0.5) is 0 Å². The second kappa shape index (κ2) is 4.89. The second-order valence-corrected chi connectivity index (χ2v) is 6.77. The number of hydrogen-bond donors (Lipinski definition) is 1. The van der Waals surface area contributed by atoms with Crippen molar-refractivity contribution in [3.63, 3.8) is 0 Å². The van der Waals surface area contributed by atoms with E-state index in [-0.39, 0.29) is 0 Å². The van der Waals surface area contributed by atoms with Gasteiger partial charge in [0.2, 0.25) is 0 Å². The lowest BCUT2D eigenvalue weighted by Gasteiger charge is -2.28. The van der Waals surface area contributed by atoms with E-state index in [0.717, 1.165) is 30.0 Å². The summed E-state index contributed by atoms with van der Waals surface area (Å²) in [6, 6.07) is 2.44. The van der Waals surface area contributed by atoms with Gasteiger partial charge in [-0.25, -0.2) is 0 Å². The van der Waals surface area contributed by atoms with Crippen LogP contribution in [0, 0.1) is 11.8 Å². The second-order valence-electron chi connectivity index (χ2n) is 6.77. The Bertz CT molecular complexity index is 248. The largest absolute Gasteiger partial charge is 0.310 e. The summed E-state index contributed by atoms with van der Waals surface area (Å²) in [7, 11) is 2.33. The first kappa shape index (κ1) is 12.0. The first-order valence-electron chi connectivity index (χ1n) is 7.70. The molecule has 0 aromatic carbocycles. The van der Waals surface area contributed by atoms with E-state index in [2.05, 4.69) is 24.2 Å². The van der Waals surface area contributed by atoms with Crippen molar-refractivity contribution < 1.29 is 0 Å². The maximum absolute atomic E-state index is 3.90. The van der Waals surface area contributed by atoms with Gasteiger partial charge in [0.25, 0.3) is 0 Å². The average Bonchev–Trinajstić information content (AvgIpc) is 3.08. The summed E-state index contributed by atoms with van der Waals surface area (Å²) in [6.45, 7) is 3.68. The fourth-order valence-electron chi connectivity index (χ4n) is 4.03. The molecule has 3 fully saturated rings. The molecule has 0 aromatic heterocycles. The van der Waals surface area contributed by atoms with Gasteiger partial charge >= 0.3 is 0 Å². The van der Waals surface area contributed by atoms with Gasteiger partial charge < -0.3 is 10.2 Å². The van der Waals surface area contributed by atoms with Crippen LogP contribution in [0.15, 0.2) is 0 Å². The van der Waals surface area contributed by atoms with Gasteiger partial charge in [0.05, 0.1) is 0 Å². The van der Waals surface area contributed by atoms with Crippen LogP contribution in [0.2, 0.25) is 0 Å². The molecule has 2 aliphatic carbocycles. The summed E-state index contributed by atoms with van der Waals surface area (Å²) in [6.07, 6.45) is 10.2. The van der Waals surface area contributed by atoms with E-state index in [4.69, 9.17) is 0 Å². The third-order valence-corrected chi connectivity index (χ3v) is 5.45. The Morgan fingerprint density at radius 2 is 1.94 bits per heavy atom. The van der Waals surface area contributed by atoms with Gasteiger partial charge in [0.1, 0.15) is 0 Å². The van der Waals surface area contributed by atoms with Gasteiger partial charge in [-0.05, 0) is 57.9 Å². The molecule has 1 N–H and O–H groups in total. The van der Waals surface area contributed by atoms with Crippen molar-refractivity contribution in [2.45, 2.75) is 70.0 Å². The summed E-state index contributed by atoms with van der Waals surface area (Å²) in [5, 5.41) is 3.90. The van der Waals surface area contributed by atoms with Gasteiger partial charge in [-0.1, -0.05) is 12.8 Å². The minimum absolute atomic E-state index is 0.772. The van der Waals surface area contributed by atoms with E-state index < -0.39 is 0 Å². The normalized spacial score (nSPS) is 39.4. The molecule has 0 amide bonds. The van der Waals surface area contributed by atoms with Crippen molar-refractivity contribution in [2.24, 2.45) is 11.8 Å². The van der Waals surface area contributed by atoms with Crippen molar-refractivity contribution >= 4 is 0 Å². The summed E-state index contributed by atoms with van der Waals surface area (Å²) >= 11 is 0. The predicted octanol–water partition coefficient (Wildman–Crippen LogP) is 2.64. The Morgan fingerprint density at radius 3 is 2.65 bits per heavy atom. The molecule has 0 bridgehead atoms. The lowest BCUT2D eigenvalue weighted by atomic mass is 9.85. The van der Waals surface area contributed by atoms with E-state index in [0.29, 0.717) is 0 Å². The molecule has 3 rings (SSSR count). The number of likely N-dealkylation sites (N-methyl/N-ethyl adjacent to an activating group) is 1. The maximum atomic E-state index is 3.90. The third kappa shape index (κ3) is 2.68. The molecule has 1 heterocycles. The molecule has 1 saturated heterocycles. The maximum Gasteiger partial charge on any atom is 0.0200 e. The molecule has 1 aliphatic heterocycles. The highest BCUT2D eigenvalue weighted by Gasteiger charge is 2.37. The van der Waals surface area contributed by atoms with Gasteiger partial charge in [0, 0.05) is 24.7 Å². The van der Waals surface area contributed by atoms with Gasteiger partial charge in [-0.3, -0.25) is 0 Å². The van der Waals surface area contributed by atoms with Crippen LogP contribution in [-0.4, -0.2) is 36.6 Å². The lowest BCUT2D eigenvalue weighted by molar-refractivity contribution is 0.213. The van der Waals surface area contributed by atoms with Crippen molar-refractivity contribution in [3.8, 4) is 0 Å². The summed E-state index contributed by atoms with van der Waals surface area (Å²) < 4.78 is 0. The molecule has 4 unspecified atom stereocenters. The van der Waals surface area contributed by atoms with Crippen LogP contribution in [-0.2, 0) is 0 Å². The Balaban J connectivity index is 1.48. The first-order valence-corrected chi connectivity index (χ1v) is 7.70. The van der Waals surface area contributed by atoms with Gasteiger partial charge in [-0.15, -0.1) is 0 Å². The minimum atomic E-state index is 0.772. The molecule has 4 atom stereocenters. The molecular formula is C15H28N2. The molecule has 2 saturated carbocycles. The molecule has 0 spiro atoms. The van der Waals surface area contributed by atoms with Crippen molar-refractivity contribution in [2.75, 3.05) is 13.6 Å². The van der Waals surface area contributed by atoms with Crippen LogP contribution in [0.5, 0.6) is 0 Å². The lowest BCUT2D eigenvalue weighted by Crippen LogP contribution is -2.42. The molecule has 2 nitrogen and oxygen atoms in total. The average molecular weight is 236 g/mol. The van der Waals surface area contributed by atoms with E-state index in [1.807, 2.05) is 0 Å². The van der Waals surface area contributed by atoms with Crippen molar-refractivity contribution in [3.05, 3.63) is 0 Å². The summed E-state index contributed by atoms with van der Waals surface area (Å²) in [4.78, 5) is 2.60. The Morgan fingerprint density at radius 1 is 1.18 bits per heavy atom. The van der Waals surface area contributed by atoms with E-state index in [9.17, 15) is 0 Å². The zero-order chi connectivity index (χ0) is 11.8. The van der Waals surface area contributed by atoms with Gasteiger partial charge in [-0.2, -0.15) is 0 Å². The van der Waals surface area contributed by atoms with E-state index in [1.54, 1.807) is 0 Å². The summed E-state index contributed by atoms with van der Waals surface area (Å²) in [5.74, 6) is 2.00. The molecule has 17 heavy (non-hydrogen) atoms. The van der Waals surface area contributed by atoms with Gasteiger partial charge in [0.15, 0.2) is 0 Å². The van der Waals surface area contributed by atoms with Crippen LogP contribution in [0.25, 0.3) is 0 Å². The standard InChI is InChI=1S/C15H28N2/c1-11(12-7-8-12)17(2)10-14-9-13-5-3-4-6-15(13)16-14/h11-16H,3-10H2,1-2H3. The molecule has 0 aromatic rings. The smallest absolute Gasteiger partial charge is 0.0200 e. The van der Waals surface area contributed by atoms with Crippen LogP contribution in [0.3, 0.4) is 0 Å². The fourth-order valence-corrected chi connectivity index (χ4v) is 4.03. The number of nitrogens with one attached hydrogen (secondary N) is 1. The molecular weight excluding hydrogens is 208 g/mol. The third-order valence-electron chi connectivity index (χ3n) is 5.45. The van der Waals surface area contributed by atoms with Crippen molar-refractivity contribution in [1.29, 1.82) is 0 Å². The highest BCUT2D eigenvalue weighted by molar-refractivity contribution is 4.95. The molecule has 2 heteroatoms. The number of nitrogens with zero attached hydrogens (tertiary/aromatic N) is 1. The highest BCUT2D eigenvalue weighted by atomic mass is 15.2. The van der Waals surface area contributed by atoms with Crippen molar-refractivity contribution in [1.82, 2.24) is 10.2 Å². The number of rotatable bonds is 4. The van der Waals surface area contributed by atoms with Crippen LogP contribution < -0.4 is 5.32 Å². The van der Waals surface area contributed by atoms with Crippen LogP contribution in [0.1, 0.15) is 51.9 Å². The first-order chi connectivity index (χ1) is 8.24. The molecule has 98 valence electrons. The Hall–Kier alpha value is -0.0800. The fraction of sp³-hybridized carbons (Fsp3) is 1.00. The van der Waals surface area contributed by atoms with Crippen LogP contribution >= 0.6 is 0 Å². The minimum Gasteiger partial charge on any atom is -0.310 e. The Labute approximate surface area is 106 Å². The molecule has 3 aliphatic rings. The highest BCUT2D eigenvalue weighted by Crippen LogP contribution is 2.36. The number of fused-ring (bicyclic) bond motifs is 1. The molecule has 0 radical (unpaired) electrons. The quantitative estimate of drug-likeness (QED) is 0.807. The SMILES string of the molecule is CC(C1CC1)N(C)CC1CC2CCCCC2N1.